The van der Waals surface area contributed by atoms with Gasteiger partial charge in [0.05, 0.1) is 27.3 Å². The molecule has 6 heteroatoms. The summed E-state index contributed by atoms with van der Waals surface area (Å²) in [7, 11) is 0.217. The van der Waals surface area contributed by atoms with E-state index in [-0.39, 0.29) is 11.8 Å². The zero-order valence-corrected chi connectivity index (χ0v) is 9.69. The van der Waals surface area contributed by atoms with Crippen LogP contribution in [0.2, 0.25) is 5.02 Å². The Balaban J connectivity index is 3.16. The monoisotopic (exact) mass is 246 g/mol. The largest absolute Gasteiger partial charge is 0.355 e. The van der Waals surface area contributed by atoms with E-state index in [2.05, 4.69) is 5.32 Å². The molecule has 0 saturated heterocycles. The van der Waals surface area contributed by atoms with Crippen molar-refractivity contribution in [1.82, 2.24) is 5.32 Å². The van der Waals surface area contributed by atoms with Gasteiger partial charge in [-0.15, -0.1) is 0 Å². The van der Waals surface area contributed by atoms with Gasteiger partial charge in [-0.25, -0.2) is 0 Å². The van der Waals surface area contributed by atoms with Gasteiger partial charge >= 0.3 is 0 Å². The number of carbonyl (C=O) groups is 1. The van der Waals surface area contributed by atoms with Crippen LogP contribution >= 0.6 is 11.6 Å². The van der Waals surface area contributed by atoms with Crippen LogP contribution in [-0.2, 0) is 10.8 Å². The van der Waals surface area contributed by atoms with Gasteiger partial charge in [0.1, 0.15) is 0 Å². The van der Waals surface area contributed by atoms with Crippen molar-refractivity contribution < 1.29 is 9.00 Å². The SMILES string of the molecule is CNC(=O)c1cc(S(=O)CN)ccc1Cl. The molecule has 1 amide bonds. The fourth-order valence-corrected chi connectivity index (χ4v) is 1.92. The Morgan fingerprint density at radius 3 is 2.80 bits per heavy atom. The Kier molecular flexibility index (Phi) is 4.26. The van der Waals surface area contributed by atoms with Crippen LogP contribution in [0, 0.1) is 0 Å². The molecule has 0 aliphatic rings. The summed E-state index contributed by atoms with van der Waals surface area (Å²) in [4.78, 5) is 11.9. The Morgan fingerprint density at radius 2 is 2.27 bits per heavy atom. The third-order valence-electron chi connectivity index (χ3n) is 1.82. The van der Waals surface area contributed by atoms with Crippen LogP contribution < -0.4 is 11.1 Å². The predicted octanol–water partition coefficient (Wildman–Crippen LogP) is 0.723. The smallest absolute Gasteiger partial charge is 0.252 e. The maximum Gasteiger partial charge on any atom is 0.252 e. The van der Waals surface area contributed by atoms with Gasteiger partial charge in [-0.05, 0) is 18.2 Å². The molecular weight excluding hydrogens is 236 g/mol. The molecule has 0 aromatic heterocycles. The van der Waals surface area contributed by atoms with Crippen molar-refractivity contribution in [2.75, 3.05) is 12.9 Å². The molecule has 0 saturated carbocycles. The average Bonchev–Trinajstić information content (AvgIpc) is 2.27. The van der Waals surface area contributed by atoms with Crippen molar-refractivity contribution in [2.45, 2.75) is 4.90 Å². The third-order valence-corrected chi connectivity index (χ3v) is 3.24. The first-order valence-electron chi connectivity index (χ1n) is 4.20. The Morgan fingerprint density at radius 1 is 1.60 bits per heavy atom. The van der Waals surface area contributed by atoms with Gasteiger partial charge in [-0.1, -0.05) is 11.6 Å². The van der Waals surface area contributed by atoms with Gasteiger partial charge in [0.25, 0.3) is 5.91 Å². The third kappa shape index (κ3) is 2.77. The Bertz CT molecular complexity index is 409. The van der Waals surface area contributed by atoms with Crippen LogP contribution in [0.4, 0.5) is 0 Å². The van der Waals surface area contributed by atoms with Crippen LogP contribution in [0.15, 0.2) is 23.1 Å². The van der Waals surface area contributed by atoms with Crippen LogP contribution in [0.25, 0.3) is 0 Å². The van der Waals surface area contributed by atoms with E-state index in [0.717, 1.165) is 0 Å². The topological polar surface area (TPSA) is 72.2 Å². The van der Waals surface area contributed by atoms with E-state index < -0.39 is 10.8 Å². The highest BCUT2D eigenvalue weighted by molar-refractivity contribution is 7.85. The van der Waals surface area contributed by atoms with Gasteiger partial charge in [0.2, 0.25) is 0 Å². The number of rotatable bonds is 3. The molecule has 3 N–H and O–H groups in total. The second-order valence-corrected chi connectivity index (χ2v) is 4.64. The van der Waals surface area contributed by atoms with E-state index in [1.807, 2.05) is 0 Å². The minimum absolute atomic E-state index is 0.0226. The normalized spacial score (nSPS) is 12.2. The lowest BCUT2D eigenvalue weighted by Gasteiger charge is -2.05. The molecule has 15 heavy (non-hydrogen) atoms. The van der Waals surface area contributed by atoms with Crippen LogP contribution in [0.3, 0.4) is 0 Å². The number of carbonyl (C=O) groups excluding carboxylic acids is 1. The average molecular weight is 247 g/mol. The lowest BCUT2D eigenvalue weighted by atomic mass is 10.2. The minimum atomic E-state index is -1.29. The molecule has 0 aliphatic heterocycles. The van der Waals surface area contributed by atoms with Crippen LogP contribution in [0.5, 0.6) is 0 Å². The standard InChI is InChI=1S/C9H11ClN2O2S/c1-12-9(13)7-4-6(15(14)5-11)2-3-8(7)10/h2-4H,5,11H2,1H3,(H,12,13). The molecule has 1 aromatic carbocycles. The molecule has 4 nitrogen and oxygen atoms in total. The molecule has 1 unspecified atom stereocenters. The quantitative estimate of drug-likeness (QED) is 0.826. The van der Waals surface area contributed by atoms with Crippen molar-refractivity contribution in [3.63, 3.8) is 0 Å². The van der Waals surface area contributed by atoms with E-state index in [4.69, 9.17) is 17.3 Å². The van der Waals surface area contributed by atoms with E-state index in [1.165, 1.54) is 19.2 Å². The first-order valence-corrected chi connectivity index (χ1v) is 5.90. The molecule has 0 spiro atoms. The molecular formula is C9H11ClN2O2S. The van der Waals surface area contributed by atoms with E-state index >= 15 is 0 Å². The minimum Gasteiger partial charge on any atom is -0.355 e. The molecule has 1 atom stereocenters. The second kappa shape index (κ2) is 5.25. The molecule has 0 bridgehead atoms. The molecule has 0 radical (unpaired) electrons. The highest BCUT2D eigenvalue weighted by Gasteiger charge is 2.11. The number of nitrogens with one attached hydrogen (secondary N) is 1. The summed E-state index contributed by atoms with van der Waals surface area (Å²) in [5.74, 6) is -0.287. The zero-order valence-electron chi connectivity index (χ0n) is 8.12. The Labute approximate surface area is 95.3 Å². The highest BCUT2D eigenvalue weighted by Crippen LogP contribution is 2.19. The van der Waals surface area contributed by atoms with Crippen LogP contribution in [0.1, 0.15) is 10.4 Å². The zero-order chi connectivity index (χ0) is 11.4. The van der Waals surface area contributed by atoms with Gasteiger partial charge in [0, 0.05) is 11.9 Å². The summed E-state index contributed by atoms with van der Waals surface area (Å²) in [5.41, 5.74) is 5.57. The van der Waals surface area contributed by atoms with Gasteiger partial charge in [0.15, 0.2) is 0 Å². The summed E-state index contributed by atoms with van der Waals surface area (Å²) in [6, 6.07) is 4.62. The fourth-order valence-electron chi connectivity index (χ4n) is 1.05. The number of amides is 1. The summed E-state index contributed by atoms with van der Waals surface area (Å²) in [6.45, 7) is 0. The van der Waals surface area contributed by atoms with E-state index in [1.54, 1.807) is 6.07 Å². The lowest BCUT2D eigenvalue weighted by molar-refractivity contribution is 0.0963. The maximum absolute atomic E-state index is 11.4. The molecule has 0 heterocycles. The lowest BCUT2D eigenvalue weighted by Crippen LogP contribution is -2.18. The molecule has 1 aromatic rings. The van der Waals surface area contributed by atoms with Gasteiger partial charge in [-0.3, -0.25) is 9.00 Å². The highest BCUT2D eigenvalue weighted by atomic mass is 35.5. The van der Waals surface area contributed by atoms with E-state index in [0.29, 0.717) is 15.5 Å². The van der Waals surface area contributed by atoms with Crippen LogP contribution in [-0.4, -0.2) is 23.0 Å². The van der Waals surface area contributed by atoms with Crippen molar-refractivity contribution in [3.8, 4) is 0 Å². The fraction of sp³-hybridized carbons (Fsp3) is 0.222. The number of hydrogen-bond donors (Lipinski definition) is 2. The number of hydrogen-bond acceptors (Lipinski definition) is 3. The van der Waals surface area contributed by atoms with E-state index in [9.17, 15) is 9.00 Å². The summed E-state index contributed by atoms with van der Waals surface area (Å²) in [6.07, 6.45) is 0. The molecule has 0 aliphatic carbocycles. The molecule has 82 valence electrons. The van der Waals surface area contributed by atoms with Crippen molar-refractivity contribution >= 4 is 28.3 Å². The van der Waals surface area contributed by atoms with Gasteiger partial charge in [-0.2, -0.15) is 0 Å². The van der Waals surface area contributed by atoms with Crippen molar-refractivity contribution in [1.29, 1.82) is 0 Å². The number of halogens is 1. The van der Waals surface area contributed by atoms with Gasteiger partial charge < -0.3 is 11.1 Å². The maximum atomic E-state index is 11.4. The first-order chi connectivity index (χ1) is 7.10. The molecule has 0 fully saturated rings. The number of nitrogens with two attached hydrogens (primary N) is 1. The number of benzene rings is 1. The molecule has 1 rings (SSSR count). The van der Waals surface area contributed by atoms with Crippen molar-refractivity contribution in [2.24, 2.45) is 5.73 Å². The van der Waals surface area contributed by atoms with Crippen molar-refractivity contribution in [3.05, 3.63) is 28.8 Å². The summed E-state index contributed by atoms with van der Waals surface area (Å²) >= 11 is 5.83. The summed E-state index contributed by atoms with van der Waals surface area (Å²) in [5, 5.41) is 2.78. The predicted molar refractivity (Wildman–Crippen MR) is 60.3 cm³/mol. The Hall–Kier alpha value is -0.910. The summed E-state index contributed by atoms with van der Waals surface area (Å²) < 4.78 is 11.4. The first kappa shape index (κ1) is 12.2. The second-order valence-electron chi connectivity index (χ2n) is 2.73.